The Bertz CT molecular complexity index is 655. The van der Waals surface area contributed by atoms with E-state index in [-0.39, 0.29) is 24.5 Å². The average Bonchev–Trinajstić information content (AvgIpc) is 3.01. The highest BCUT2D eigenvalue weighted by Crippen LogP contribution is 2.24. The van der Waals surface area contributed by atoms with Gasteiger partial charge in [0.25, 0.3) is 0 Å². The van der Waals surface area contributed by atoms with E-state index in [1.807, 2.05) is 49.4 Å². The topological polar surface area (TPSA) is 66.8 Å². The number of imide groups is 1. The first-order chi connectivity index (χ1) is 12.5. The Morgan fingerprint density at radius 3 is 2.73 bits per heavy atom. The summed E-state index contributed by atoms with van der Waals surface area (Å²) in [5.41, 5.74) is 1.03. The monoisotopic (exact) mass is 357 g/mol. The molecule has 0 spiro atoms. The van der Waals surface area contributed by atoms with E-state index in [1.165, 1.54) is 4.90 Å². The van der Waals surface area contributed by atoms with Gasteiger partial charge in [0.1, 0.15) is 6.61 Å². The van der Waals surface area contributed by atoms with E-state index in [0.29, 0.717) is 12.8 Å². The smallest absolute Gasteiger partial charge is 0.416 e. The van der Waals surface area contributed by atoms with Gasteiger partial charge >= 0.3 is 6.09 Å². The first-order valence-corrected chi connectivity index (χ1v) is 8.95. The van der Waals surface area contributed by atoms with Crippen molar-refractivity contribution in [3.05, 3.63) is 60.7 Å². The van der Waals surface area contributed by atoms with Crippen LogP contribution in [-0.2, 0) is 16.0 Å². The summed E-state index contributed by atoms with van der Waals surface area (Å²) in [6, 6.07) is 9.33. The number of aliphatic hydroxyl groups excluding tert-OH is 1. The van der Waals surface area contributed by atoms with Gasteiger partial charge in [0.2, 0.25) is 5.91 Å². The number of nitrogens with zero attached hydrogens (tertiary/aromatic N) is 1. The molecule has 5 heteroatoms. The van der Waals surface area contributed by atoms with Gasteiger partial charge in [-0.25, -0.2) is 9.69 Å². The lowest BCUT2D eigenvalue weighted by Gasteiger charge is -2.28. The maximum absolute atomic E-state index is 12.9. The van der Waals surface area contributed by atoms with Gasteiger partial charge in [0.15, 0.2) is 0 Å². The van der Waals surface area contributed by atoms with E-state index in [1.54, 1.807) is 13.0 Å². The van der Waals surface area contributed by atoms with Crippen LogP contribution in [0.1, 0.15) is 25.8 Å². The standard InChI is InChI=1S/C21H27NO4/c1-4-5-7-10-15(2)19(23)16(3)20(24)22-18(14-26-21(22)25)13-17-11-8-6-9-12-17/h4-9,11-12,15-16,18-19,23H,1,10,13-14H2,2-3H3/b7-5+/t15-,16-,18-,19+/m1/s1. The van der Waals surface area contributed by atoms with Crippen molar-refractivity contribution in [1.82, 2.24) is 4.90 Å². The van der Waals surface area contributed by atoms with Gasteiger partial charge in [-0.1, -0.05) is 69.0 Å². The highest BCUT2D eigenvalue weighted by atomic mass is 16.6. The predicted octanol–water partition coefficient (Wildman–Crippen LogP) is 3.34. The normalized spacial score (nSPS) is 20.7. The lowest BCUT2D eigenvalue weighted by atomic mass is 9.89. The van der Waals surface area contributed by atoms with Crippen LogP contribution < -0.4 is 0 Å². The number of hydrogen-bond donors (Lipinski definition) is 1. The van der Waals surface area contributed by atoms with Crippen LogP contribution in [0.4, 0.5) is 4.79 Å². The summed E-state index contributed by atoms with van der Waals surface area (Å²) >= 11 is 0. The fourth-order valence-electron chi connectivity index (χ4n) is 3.15. The second-order valence-electron chi connectivity index (χ2n) is 6.78. The van der Waals surface area contributed by atoms with Crippen LogP contribution in [0.15, 0.2) is 55.1 Å². The van der Waals surface area contributed by atoms with E-state index in [2.05, 4.69) is 6.58 Å². The molecule has 140 valence electrons. The summed E-state index contributed by atoms with van der Waals surface area (Å²) in [7, 11) is 0. The molecule has 1 aromatic carbocycles. The van der Waals surface area contributed by atoms with Gasteiger partial charge < -0.3 is 9.84 Å². The summed E-state index contributed by atoms with van der Waals surface area (Å²) in [4.78, 5) is 26.1. The molecule has 2 rings (SSSR count). The van der Waals surface area contributed by atoms with Gasteiger partial charge in [-0.05, 0) is 24.3 Å². The maximum Gasteiger partial charge on any atom is 0.416 e. The minimum absolute atomic E-state index is 0.114. The molecule has 1 saturated heterocycles. The highest BCUT2D eigenvalue weighted by Gasteiger charge is 2.41. The van der Waals surface area contributed by atoms with Crippen LogP contribution in [0.2, 0.25) is 0 Å². The van der Waals surface area contributed by atoms with Crippen molar-refractivity contribution in [2.24, 2.45) is 11.8 Å². The summed E-state index contributed by atoms with van der Waals surface area (Å²) in [5.74, 6) is -1.19. The van der Waals surface area contributed by atoms with Gasteiger partial charge in [-0.3, -0.25) is 4.79 Å². The molecule has 0 aliphatic carbocycles. The number of cyclic esters (lactones) is 1. The summed E-state index contributed by atoms with van der Waals surface area (Å²) < 4.78 is 5.10. The first-order valence-electron chi connectivity index (χ1n) is 8.95. The fraction of sp³-hybridized carbons (Fsp3) is 0.429. The zero-order valence-electron chi connectivity index (χ0n) is 15.4. The van der Waals surface area contributed by atoms with Crippen LogP contribution >= 0.6 is 0 Å². The average molecular weight is 357 g/mol. The molecular weight excluding hydrogens is 330 g/mol. The third-order valence-corrected chi connectivity index (χ3v) is 4.78. The molecule has 5 nitrogen and oxygen atoms in total. The van der Waals surface area contributed by atoms with Crippen LogP contribution in [0.5, 0.6) is 0 Å². The van der Waals surface area contributed by atoms with Crippen LogP contribution in [0, 0.1) is 11.8 Å². The van der Waals surface area contributed by atoms with Crippen LogP contribution in [0.3, 0.4) is 0 Å². The van der Waals surface area contributed by atoms with Crippen LogP contribution in [0.25, 0.3) is 0 Å². The lowest BCUT2D eigenvalue weighted by molar-refractivity contribution is -0.137. The molecule has 2 amide bonds. The number of ether oxygens (including phenoxy) is 1. The molecule has 1 fully saturated rings. The molecule has 1 aliphatic rings. The molecule has 0 unspecified atom stereocenters. The quantitative estimate of drug-likeness (QED) is 0.725. The van der Waals surface area contributed by atoms with Crippen molar-refractivity contribution in [1.29, 1.82) is 0 Å². The Hall–Kier alpha value is -2.40. The van der Waals surface area contributed by atoms with Gasteiger partial charge in [-0.2, -0.15) is 0 Å². The second-order valence-corrected chi connectivity index (χ2v) is 6.78. The van der Waals surface area contributed by atoms with Crippen molar-refractivity contribution < 1.29 is 19.4 Å². The summed E-state index contributed by atoms with van der Waals surface area (Å²) in [5, 5.41) is 10.5. The Morgan fingerprint density at radius 2 is 2.08 bits per heavy atom. The number of benzene rings is 1. The number of carbonyl (C=O) groups is 2. The fourth-order valence-corrected chi connectivity index (χ4v) is 3.15. The van der Waals surface area contributed by atoms with Crippen molar-refractivity contribution in [3.63, 3.8) is 0 Å². The molecule has 0 aromatic heterocycles. The number of amides is 2. The van der Waals surface area contributed by atoms with Crippen molar-refractivity contribution in [2.75, 3.05) is 6.61 Å². The molecule has 0 bridgehead atoms. The Morgan fingerprint density at radius 1 is 1.38 bits per heavy atom. The molecule has 0 radical (unpaired) electrons. The number of hydrogen-bond acceptors (Lipinski definition) is 4. The molecule has 1 aromatic rings. The predicted molar refractivity (Wildman–Crippen MR) is 100 cm³/mol. The van der Waals surface area contributed by atoms with Gasteiger partial charge in [0, 0.05) is 0 Å². The molecule has 26 heavy (non-hydrogen) atoms. The van der Waals surface area contributed by atoms with Gasteiger partial charge in [0.05, 0.1) is 18.1 Å². The molecule has 4 atom stereocenters. The third-order valence-electron chi connectivity index (χ3n) is 4.78. The lowest BCUT2D eigenvalue weighted by Crippen LogP contribution is -2.46. The molecule has 0 saturated carbocycles. The zero-order chi connectivity index (χ0) is 19.1. The Kier molecular flexibility index (Phi) is 7.16. The minimum atomic E-state index is -0.845. The minimum Gasteiger partial charge on any atom is -0.447 e. The van der Waals surface area contributed by atoms with E-state index < -0.39 is 18.1 Å². The summed E-state index contributed by atoms with van der Waals surface area (Å²) in [6.45, 7) is 7.33. The van der Waals surface area contributed by atoms with Crippen LogP contribution in [-0.4, -0.2) is 40.8 Å². The summed E-state index contributed by atoms with van der Waals surface area (Å²) in [6.07, 6.45) is 5.07. The molecule has 1 heterocycles. The maximum atomic E-state index is 12.9. The first kappa shape index (κ1) is 19.9. The largest absolute Gasteiger partial charge is 0.447 e. The Labute approximate surface area is 155 Å². The van der Waals surface area contributed by atoms with E-state index in [4.69, 9.17) is 4.74 Å². The molecule has 1 aliphatic heterocycles. The van der Waals surface area contributed by atoms with Crippen molar-refractivity contribution >= 4 is 12.0 Å². The number of rotatable bonds is 8. The second kappa shape index (κ2) is 9.34. The van der Waals surface area contributed by atoms with E-state index in [9.17, 15) is 14.7 Å². The Balaban J connectivity index is 2.05. The number of aliphatic hydroxyl groups is 1. The SMILES string of the molecule is C=C/C=C/C[C@@H](C)[C@H](O)[C@@H](C)C(=O)N1C(=O)OC[C@H]1Cc1ccccc1. The molecule has 1 N–H and O–H groups in total. The zero-order valence-corrected chi connectivity index (χ0v) is 15.4. The van der Waals surface area contributed by atoms with Crippen molar-refractivity contribution in [2.45, 2.75) is 38.8 Å². The van der Waals surface area contributed by atoms with Crippen molar-refractivity contribution in [3.8, 4) is 0 Å². The highest BCUT2D eigenvalue weighted by molar-refractivity contribution is 5.95. The third kappa shape index (κ3) is 4.82. The number of carbonyl (C=O) groups excluding carboxylic acids is 2. The van der Waals surface area contributed by atoms with Gasteiger partial charge in [-0.15, -0.1) is 0 Å². The molecular formula is C21H27NO4. The van der Waals surface area contributed by atoms with E-state index >= 15 is 0 Å². The van der Waals surface area contributed by atoms with E-state index in [0.717, 1.165) is 5.56 Å². The number of allylic oxidation sites excluding steroid dienone is 3.